The van der Waals surface area contributed by atoms with E-state index in [2.05, 4.69) is 22.9 Å². The Balaban J connectivity index is 2.23. The Hall–Kier alpha value is 0.0500. The van der Waals surface area contributed by atoms with Crippen LogP contribution in [0.1, 0.15) is 37.5 Å². The Bertz CT molecular complexity index is 557. The zero-order valence-electron chi connectivity index (χ0n) is 11.6. The normalized spacial score (nSPS) is 21.9. The lowest BCUT2D eigenvalue weighted by Gasteiger charge is -2.19. The highest BCUT2D eigenvalue weighted by molar-refractivity contribution is 9.11. The van der Waals surface area contributed by atoms with E-state index < -0.39 is 10.0 Å². The second kappa shape index (κ2) is 6.87. The van der Waals surface area contributed by atoms with Crippen molar-refractivity contribution in [1.82, 2.24) is 4.31 Å². The number of hydrogen-bond acceptors (Lipinski definition) is 4. The maximum absolute atomic E-state index is 12.7. The largest absolute Gasteiger partial charge is 0.326 e. The quantitative estimate of drug-likeness (QED) is 0.871. The van der Waals surface area contributed by atoms with E-state index in [1.165, 1.54) is 11.3 Å². The van der Waals surface area contributed by atoms with Gasteiger partial charge in [0.15, 0.2) is 0 Å². The topological polar surface area (TPSA) is 63.4 Å². The van der Waals surface area contributed by atoms with Gasteiger partial charge in [0.1, 0.15) is 4.90 Å². The van der Waals surface area contributed by atoms with Gasteiger partial charge >= 0.3 is 0 Å². The van der Waals surface area contributed by atoms with E-state index >= 15 is 0 Å². The van der Waals surface area contributed by atoms with Crippen molar-refractivity contribution >= 4 is 37.3 Å². The van der Waals surface area contributed by atoms with Crippen LogP contribution in [0.4, 0.5) is 0 Å². The fourth-order valence-electron chi connectivity index (χ4n) is 2.60. The summed E-state index contributed by atoms with van der Waals surface area (Å²) in [5, 5.41) is 0. The van der Waals surface area contributed by atoms with Crippen LogP contribution in [0.3, 0.4) is 0 Å². The second-order valence-electron chi connectivity index (χ2n) is 5.16. The van der Waals surface area contributed by atoms with Crippen LogP contribution in [0, 0.1) is 5.92 Å². The first-order valence-corrected chi connectivity index (χ1v) is 10.0. The van der Waals surface area contributed by atoms with Gasteiger partial charge in [-0.25, -0.2) is 8.42 Å². The maximum atomic E-state index is 12.7. The molecular weight excluding hydrogens is 360 g/mol. The summed E-state index contributed by atoms with van der Waals surface area (Å²) in [6, 6.07) is 1.70. The molecule has 1 aliphatic rings. The third kappa shape index (κ3) is 3.44. The Kier molecular flexibility index (Phi) is 5.64. The molecule has 2 rings (SSSR count). The summed E-state index contributed by atoms with van der Waals surface area (Å²) in [6.45, 7) is 3.80. The van der Waals surface area contributed by atoms with Gasteiger partial charge in [-0.15, -0.1) is 11.3 Å². The molecule has 1 fully saturated rings. The summed E-state index contributed by atoms with van der Waals surface area (Å²) < 4.78 is 27.8. The summed E-state index contributed by atoms with van der Waals surface area (Å²) in [5.41, 5.74) is 5.60. The summed E-state index contributed by atoms with van der Waals surface area (Å²) >= 11 is 4.76. The van der Waals surface area contributed by atoms with Gasteiger partial charge in [0.2, 0.25) is 10.0 Å². The zero-order chi connectivity index (χ0) is 14.8. The SMILES string of the molecule is CCC1CCCN(S(=O)(=O)c2cc(CN)sc2Br)CC1. The van der Waals surface area contributed by atoms with Crippen molar-refractivity contribution in [2.45, 2.75) is 44.0 Å². The van der Waals surface area contributed by atoms with Crippen LogP contribution in [0.2, 0.25) is 0 Å². The number of thiophene rings is 1. The van der Waals surface area contributed by atoms with Gasteiger partial charge in [0.25, 0.3) is 0 Å². The predicted octanol–water partition coefficient (Wildman–Crippen LogP) is 3.17. The van der Waals surface area contributed by atoms with Gasteiger partial charge in [0, 0.05) is 24.5 Å². The number of hydrogen-bond donors (Lipinski definition) is 1. The van der Waals surface area contributed by atoms with Crippen LogP contribution in [-0.4, -0.2) is 25.8 Å². The first-order chi connectivity index (χ1) is 9.48. The highest BCUT2D eigenvalue weighted by Crippen LogP contribution is 2.34. The molecule has 1 aromatic heterocycles. The molecule has 0 bridgehead atoms. The summed E-state index contributed by atoms with van der Waals surface area (Å²) in [5.74, 6) is 0.653. The van der Waals surface area contributed by atoms with Crippen molar-refractivity contribution in [3.05, 3.63) is 14.7 Å². The minimum Gasteiger partial charge on any atom is -0.326 e. The van der Waals surface area contributed by atoms with Gasteiger partial charge in [-0.2, -0.15) is 4.31 Å². The highest BCUT2D eigenvalue weighted by Gasteiger charge is 2.30. The lowest BCUT2D eigenvalue weighted by molar-refractivity contribution is 0.407. The van der Waals surface area contributed by atoms with Crippen LogP contribution in [0.25, 0.3) is 0 Å². The van der Waals surface area contributed by atoms with E-state index in [1.807, 2.05) is 0 Å². The molecule has 0 amide bonds. The van der Waals surface area contributed by atoms with E-state index in [1.54, 1.807) is 10.4 Å². The van der Waals surface area contributed by atoms with Gasteiger partial charge in [0.05, 0.1) is 3.79 Å². The smallest absolute Gasteiger partial charge is 0.245 e. The Morgan fingerprint density at radius 1 is 1.45 bits per heavy atom. The number of halogens is 1. The van der Waals surface area contributed by atoms with Gasteiger partial charge in [-0.1, -0.05) is 13.3 Å². The van der Waals surface area contributed by atoms with Crippen molar-refractivity contribution in [3.8, 4) is 0 Å². The van der Waals surface area contributed by atoms with Crippen LogP contribution in [0.15, 0.2) is 14.7 Å². The third-order valence-electron chi connectivity index (χ3n) is 3.91. The van der Waals surface area contributed by atoms with Crippen LogP contribution >= 0.6 is 27.3 Å². The molecule has 1 aliphatic heterocycles. The van der Waals surface area contributed by atoms with Crippen LogP contribution < -0.4 is 5.73 Å². The van der Waals surface area contributed by atoms with Gasteiger partial charge in [-0.05, 0) is 47.2 Å². The van der Waals surface area contributed by atoms with Crippen molar-refractivity contribution in [2.75, 3.05) is 13.1 Å². The fraction of sp³-hybridized carbons (Fsp3) is 0.692. The first-order valence-electron chi connectivity index (χ1n) is 6.97. The van der Waals surface area contributed by atoms with Crippen LogP contribution in [0.5, 0.6) is 0 Å². The highest BCUT2D eigenvalue weighted by atomic mass is 79.9. The molecule has 1 saturated heterocycles. The Labute approximate surface area is 133 Å². The fourth-order valence-corrected chi connectivity index (χ4v) is 6.61. The van der Waals surface area contributed by atoms with E-state index in [0.717, 1.165) is 30.6 Å². The number of nitrogens with two attached hydrogens (primary N) is 1. The molecule has 1 aromatic rings. The molecule has 0 saturated carbocycles. The first kappa shape index (κ1) is 16.4. The molecule has 4 nitrogen and oxygen atoms in total. The zero-order valence-corrected chi connectivity index (χ0v) is 14.9. The molecule has 7 heteroatoms. The van der Waals surface area contributed by atoms with Crippen LogP contribution in [-0.2, 0) is 16.6 Å². The van der Waals surface area contributed by atoms with Gasteiger partial charge in [-0.3, -0.25) is 0 Å². The standard InChI is InChI=1S/C13H21BrN2O2S2/c1-2-10-4-3-6-16(7-5-10)20(17,18)12-8-11(9-15)19-13(12)14/h8,10H,2-7,9,15H2,1H3. The summed E-state index contributed by atoms with van der Waals surface area (Å²) in [4.78, 5) is 1.26. The molecule has 0 aliphatic carbocycles. The molecule has 2 N–H and O–H groups in total. The maximum Gasteiger partial charge on any atom is 0.245 e. The molecule has 2 heterocycles. The van der Waals surface area contributed by atoms with E-state index in [-0.39, 0.29) is 0 Å². The molecule has 1 atom stereocenters. The average molecular weight is 381 g/mol. The molecular formula is C13H21BrN2O2S2. The van der Waals surface area contributed by atoms with Crippen molar-refractivity contribution < 1.29 is 8.42 Å². The molecule has 114 valence electrons. The Morgan fingerprint density at radius 2 is 2.20 bits per heavy atom. The van der Waals surface area contributed by atoms with Gasteiger partial charge < -0.3 is 5.73 Å². The van der Waals surface area contributed by atoms with E-state index in [4.69, 9.17) is 5.73 Å². The number of rotatable bonds is 4. The second-order valence-corrected chi connectivity index (χ2v) is 9.53. The minimum absolute atomic E-state index is 0.372. The molecule has 0 radical (unpaired) electrons. The van der Waals surface area contributed by atoms with Crippen molar-refractivity contribution in [2.24, 2.45) is 11.7 Å². The van der Waals surface area contributed by atoms with Crippen molar-refractivity contribution in [3.63, 3.8) is 0 Å². The summed E-state index contributed by atoms with van der Waals surface area (Å²) in [7, 11) is -3.40. The Morgan fingerprint density at radius 3 is 2.80 bits per heavy atom. The average Bonchev–Trinajstić information content (AvgIpc) is 2.66. The molecule has 0 aromatic carbocycles. The lowest BCUT2D eigenvalue weighted by Crippen LogP contribution is -2.32. The molecule has 20 heavy (non-hydrogen) atoms. The molecule has 1 unspecified atom stereocenters. The third-order valence-corrected chi connectivity index (χ3v) is 8.08. The molecule has 0 spiro atoms. The predicted molar refractivity (Wildman–Crippen MR) is 86.3 cm³/mol. The van der Waals surface area contributed by atoms with E-state index in [0.29, 0.717) is 34.2 Å². The van der Waals surface area contributed by atoms with Crippen molar-refractivity contribution in [1.29, 1.82) is 0 Å². The number of sulfonamides is 1. The van der Waals surface area contributed by atoms with E-state index in [9.17, 15) is 8.42 Å². The summed E-state index contributed by atoms with van der Waals surface area (Å²) in [6.07, 6.45) is 4.17. The minimum atomic E-state index is -3.40. The monoisotopic (exact) mass is 380 g/mol. The lowest BCUT2D eigenvalue weighted by atomic mass is 9.98. The number of nitrogens with zero attached hydrogens (tertiary/aromatic N) is 1.